The van der Waals surface area contributed by atoms with E-state index in [0.29, 0.717) is 25.3 Å². The van der Waals surface area contributed by atoms with Gasteiger partial charge in [-0.1, -0.05) is 31.2 Å². The van der Waals surface area contributed by atoms with E-state index in [4.69, 9.17) is 4.74 Å². The van der Waals surface area contributed by atoms with Crippen molar-refractivity contribution in [2.24, 2.45) is 0 Å². The molecule has 0 bridgehead atoms. The molecule has 3 rings (SSSR count). The molecular weight excluding hydrogens is 276 g/mol. The van der Waals surface area contributed by atoms with Crippen molar-refractivity contribution in [1.29, 1.82) is 0 Å². The number of rotatable bonds is 3. The predicted octanol–water partition coefficient (Wildman–Crippen LogP) is 2.86. The van der Waals surface area contributed by atoms with Gasteiger partial charge in [-0.05, 0) is 29.7 Å². The number of pyridine rings is 1. The lowest BCUT2D eigenvalue weighted by Crippen LogP contribution is -2.42. The molecule has 1 atom stereocenters. The third-order valence-corrected chi connectivity index (χ3v) is 4.02. The minimum Gasteiger partial charge on any atom is -0.370 e. The molecule has 1 unspecified atom stereocenters. The van der Waals surface area contributed by atoms with Gasteiger partial charge in [0.1, 0.15) is 6.10 Å². The molecule has 0 spiro atoms. The zero-order chi connectivity index (χ0) is 15.4. The summed E-state index contributed by atoms with van der Waals surface area (Å²) in [6.45, 7) is 3.91. The zero-order valence-corrected chi connectivity index (χ0v) is 12.7. The average molecular weight is 296 g/mol. The van der Waals surface area contributed by atoms with Crippen molar-refractivity contribution < 1.29 is 9.53 Å². The van der Waals surface area contributed by atoms with Crippen molar-refractivity contribution in [3.05, 3.63) is 65.5 Å². The van der Waals surface area contributed by atoms with Gasteiger partial charge >= 0.3 is 0 Å². The number of carbonyl (C=O) groups is 1. The number of aryl methyl sites for hydroxylation is 1. The fourth-order valence-electron chi connectivity index (χ4n) is 2.68. The van der Waals surface area contributed by atoms with Crippen molar-refractivity contribution >= 4 is 5.91 Å². The summed E-state index contributed by atoms with van der Waals surface area (Å²) in [7, 11) is 0. The fraction of sp³-hybridized carbons (Fsp3) is 0.333. The highest BCUT2D eigenvalue weighted by Crippen LogP contribution is 2.23. The number of carbonyl (C=O) groups excluding carboxylic acids is 1. The van der Waals surface area contributed by atoms with Crippen LogP contribution in [0.15, 0.2) is 48.8 Å². The van der Waals surface area contributed by atoms with Crippen LogP contribution in [0.2, 0.25) is 0 Å². The quantitative estimate of drug-likeness (QED) is 0.874. The van der Waals surface area contributed by atoms with Crippen LogP contribution in [-0.4, -0.2) is 35.5 Å². The normalized spacial score (nSPS) is 18.2. The van der Waals surface area contributed by atoms with Crippen molar-refractivity contribution in [1.82, 2.24) is 9.88 Å². The van der Waals surface area contributed by atoms with Crippen LogP contribution in [0.1, 0.15) is 34.5 Å². The van der Waals surface area contributed by atoms with Crippen LogP contribution >= 0.6 is 0 Å². The highest BCUT2D eigenvalue weighted by molar-refractivity contribution is 5.93. The summed E-state index contributed by atoms with van der Waals surface area (Å²) in [5, 5.41) is 0. The van der Waals surface area contributed by atoms with E-state index in [1.807, 2.05) is 4.90 Å². The largest absolute Gasteiger partial charge is 0.370 e. The summed E-state index contributed by atoms with van der Waals surface area (Å²) in [5.41, 5.74) is 3.06. The Morgan fingerprint density at radius 2 is 2.14 bits per heavy atom. The second-order valence-corrected chi connectivity index (χ2v) is 5.45. The van der Waals surface area contributed by atoms with E-state index in [2.05, 4.69) is 36.2 Å². The Bertz CT molecular complexity index is 625. The molecule has 22 heavy (non-hydrogen) atoms. The number of hydrogen-bond acceptors (Lipinski definition) is 3. The molecule has 4 nitrogen and oxygen atoms in total. The molecule has 1 aromatic carbocycles. The molecule has 1 aliphatic heterocycles. The van der Waals surface area contributed by atoms with E-state index in [1.54, 1.807) is 24.5 Å². The van der Waals surface area contributed by atoms with Crippen molar-refractivity contribution in [2.75, 3.05) is 19.7 Å². The third-order valence-electron chi connectivity index (χ3n) is 4.02. The van der Waals surface area contributed by atoms with Gasteiger partial charge in [-0.25, -0.2) is 0 Å². The van der Waals surface area contributed by atoms with Crippen molar-refractivity contribution in [3.63, 3.8) is 0 Å². The average Bonchev–Trinajstić information content (AvgIpc) is 2.62. The smallest absolute Gasteiger partial charge is 0.255 e. The second kappa shape index (κ2) is 6.71. The van der Waals surface area contributed by atoms with Crippen LogP contribution in [0.4, 0.5) is 0 Å². The van der Waals surface area contributed by atoms with E-state index < -0.39 is 0 Å². The first kappa shape index (κ1) is 14.7. The number of nitrogens with zero attached hydrogens (tertiary/aromatic N) is 2. The van der Waals surface area contributed by atoms with E-state index in [9.17, 15) is 4.79 Å². The van der Waals surface area contributed by atoms with Gasteiger partial charge in [-0.3, -0.25) is 9.78 Å². The highest BCUT2D eigenvalue weighted by Gasteiger charge is 2.26. The SMILES string of the molecule is CCc1ccc(C2CN(C(=O)c3cccnc3)CCO2)cc1. The first-order valence-corrected chi connectivity index (χ1v) is 7.67. The third kappa shape index (κ3) is 3.17. The standard InChI is InChI=1S/C18H20N2O2/c1-2-14-5-7-15(8-6-14)17-13-20(10-11-22-17)18(21)16-4-3-9-19-12-16/h3-9,12,17H,2,10-11,13H2,1H3. The van der Waals surface area contributed by atoms with Crippen LogP contribution in [0.25, 0.3) is 0 Å². The van der Waals surface area contributed by atoms with Crippen molar-refractivity contribution in [3.8, 4) is 0 Å². The molecule has 2 heterocycles. The maximum Gasteiger partial charge on any atom is 0.255 e. The Kier molecular flexibility index (Phi) is 4.49. The highest BCUT2D eigenvalue weighted by atomic mass is 16.5. The second-order valence-electron chi connectivity index (χ2n) is 5.45. The molecule has 1 fully saturated rings. The Labute approximate surface area is 130 Å². The summed E-state index contributed by atoms with van der Waals surface area (Å²) in [4.78, 5) is 18.4. The molecule has 2 aromatic rings. The topological polar surface area (TPSA) is 42.4 Å². The number of ether oxygens (including phenoxy) is 1. The van der Waals surface area contributed by atoms with E-state index >= 15 is 0 Å². The fourth-order valence-corrected chi connectivity index (χ4v) is 2.68. The summed E-state index contributed by atoms with van der Waals surface area (Å²) >= 11 is 0. The summed E-state index contributed by atoms with van der Waals surface area (Å²) in [5.74, 6) is 0.0200. The summed E-state index contributed by atoms with van der Waals surface area (Å²) < 4.78 is 5.84. The molecular formula is C18H20N2O2. The molecule has 0 radical (unpaired) electrons. The molecule has 114 valence electrons. The van der Waals surface area contributed by atoms with E-state index in [-0.39, 0.29) is 12.0 Å². The minimum atomic E-state index is -0.0553. The van der Waals surface area contributed by atoms with Gasteiger partial charge < -0.3 is 9.64 Å². The Morgan fingerprint density at radius 3 is 2.82 bits per heavy atom. The Hall–Kier alpha value is -2.20. The lowest BCUT2D eigenvalue weighted by Gasteiger charge is -2.33. The van der Waals surface area contributed by atoms with E-state index in [1.165, 1.54) is 5.56 Å². The van der Waals surface area contributed by atoms with Gasteiger partial charge in [-0.15, -0.1) is 0 Å². The summed E-state index contributed by atoms with van der Waals surface area (Å²) in [6.07, 6.45) is 4.26. The molecule has 1 aliphatic rings. The number of morpholine rings is 1. The maximum absolute atomic E-state index is 12.5. The minimum absolute atomic E-state index is 0.0200. The number of amides is 1. The Balaban J connectivity index is 1.72. The van der Waals surface area contributed by atoms with Crippen LogP contribution < -0.4 is 0 Å². The van der Waals surface area contributed by atoms with Gasteiger partial charge in [0.2, 0.25) is 0 Å². The maximum atomic E-state index is 12.5. The molecule has 1 saturated heterocycles. The molecule has 0 saturated carbocycles. The van der Waals surface area contributed by atoms with Crippen LogP contribution in [0.5, 0.6) is 0 Å². The Morgan fingerprint density at radius 1 is 1.32 bits per heavy atom. The first-order chi connectivity index (χ1) is 10.8. The van der Waals surface area contributed by atoms with Gasteiger partial charge in [0.15, 0.2) is 0 Å². The van der Waals surface area contributed by atoms with Gasteiger partial charge in [0.05, 0.1) is 18.7 Å². The zero-order valence-electron chi connectivity index (χ0n) is 12.7. The first-order valence-electron chi connectivity index (χ1n) is 7.67. The number of hydrogen-bond donors (Lipinski definition) is 0. The molecule has 0 aliphatic carbocycles. The molecule has 1 amide bonds. The predicted molar refractivity (Wildman–Crippen MR) is 84.7 cm³/mol. The van der Waals surface area contributed by atoms with Gasteiger partial charge in [-0.2, -0.15) is 0 Å². The van der Waals surface area contributed by atoms with Crippen molar-refractivity contribution in [2.45, 2.75) is 19.4 Å². The molecule has 4 heteroatoms. The van der Waals surface area contributed by atoms with E-state index in [0.717, 1.165) is 12.0 Å². The lowest BCUT2D eigenvalue weighted by atomic mass is 10.0. The van der Waals surface area contributed by atoms with Gasteiger partial charge in [0.25, 0.3) is 5.91 Å². The van der Waals surface area contributed by atoms with Gasteiger partial charge in [0, 0.05) is 18.9 Å². The van der Waals surface area contributed by atoms with Crippen LogP contribution in [-0.2, 0) is 11.2 Å². The summed E-state index contributed by atoms with van der Waals surface area (Å²) in [6, 6.07) is 12.0. The number of benzene rings is 1. The lowest BCUT2D eigenvalue weighted by molar-refractivity contribution is -0.0228. The molecule has 0 N–H and O–H groups in total. The monoisotopic (exact) mass is 296 g/mol. The molecule has 1 aromatic heterocycles. The number of aromatic nitrogens is 1. The van der Waals surface area contributed by atoms with Crippen LogP contribution in [0, 0.1) is 0 Å². The van der Waals surface area contributed by atoms with Crippen LogP contribution in [0.3, 0.4) is 0 Å².